The number of hydrazine groups is 1. The summed E-state index contributed by atoms with van der Waals surface area (Å²) in [6.07, 6.45) is 8.19. The van der Waals surface area contributed by atoms with Gasteiger partial charge in [0.25, 0.3) is 0 Å². The van der Waals surface area contributed by atoms with E-state index in [-0.39, 0.29) is 5.41 Å². The van der Waals surface area contributed by atoms with Crippen molar-refractivity contribution in [3.8, 4) is 10.6 Å². The maximum atomic E-state index is 9.82. The largest absolute Gasteiger partial charge is 0.333 e. The number of aryl methyl sites for hydroxylation is 2. The van der Waals surface area contributed by atoms with Crippen LogP contribution in [0, 0.1) is 12.3 Å². The monoisotopic (exact) mass is 437 g/mol. The highest BCUT2D eigenvalue weighted by Gasteiger charge is 2.07. The maximum absolute atomic E-state index is 9.82. The highest BCUT2D eigenvalue weighted by molar-refractivity contribution is 7.13. The Balaban J connectivity index is 0. The van der Waals surface area contributed by atoms with Crippen LogP contribution in [0.1, 0.15) is 57.7 Å². The highest BCUT2D eigenvalue weighted by Crippen LogP contribution is 2.25. The molecule has 0 aromatic carbocycles. The molecule has 2 heterocycles. The van der Waals surface area contributed by atoms with Crippen LogP contribution in [0.25, 0.3) is 10.6 Å². The molecule has 30 heavy (non-hydrogen) atoms. The van der Waals surface area contributed by atoms with Gasteiger partial charge in [0.1, 0.15) is 13.1 Å². The van der Waals surface area contributed by atoms with Gasteiger partial charge in [-0.15, -0.1) is 11.3 Å². The van der Waals surface area contributed by atoms with Crippen LogP contribution in [0.5, 0.6) is 0 Å². The van der Waals surface area contributed by atoms with E-state index < -0.39 is 0 Å². The molecule has 0 aliphatic carbocycles. The highest BCUT2D eigenvalue weighted by atomic mass is 32.1. The number of unbranched alkanes of at least 4 members (excludes halogenated alkanes) is 2. The number of aromatic nitrogens is 2. The standard InChI is InChI=1S/C14H20N4S.C6H12O.CH5N.CH2O/c1-11-14(19-10-17-11)13-7-6-12(9-16-13)5-3-2-4-8-18-15;1-6(2,3)4-5-7;2*1-2/h6-7,9-10,18H,2-5,8,15H2,1H3;5H,4H2,1-3H3;2H2,1H3;1H2. The number of pyridine rings is 1. The van der Waals surface area contributed by atoms with Crippen LogP contribution in [-0.2, 0) is 16.0 Å². The first-order valence-corrected chi connectivity index (χ1v) is 10.8. The fourth-order valence-electron chi connectivity index (χ4n) is 2.24. The summed E-state index contributed by atoms with van der Waals surface area (Å²) in [5, 5.41) is 0. The van der Waals surface area contributed by atoms with Crippen LogP contribution in [0.4, 0.5) is 0 Å². The van der Waals surface area contributed by atoms with Crippen molar-refractivity contribution in [2.24, 2.45) is 17.0 Å². The predicted molar refractivity (Wildman–Crippen MR) is 127 cm³/mol. The molecular formula is C22H39N5O2S. The molecule has 170 valence electrons. The van der Waals surface area contributed by atoms with Gasteiger partial charge < -0.3 is 15.3 Å². The number of nitrogens with two attached hydrogens (primary N) is 2. The van der Waals surface area contributed by atoms with Gasteiger partial charge in [0.05, 0.1) is 21.8 Å². The minimum absolute atomic E-state index is 0.182. The van der Waals surface area contributed by atoms with E-state index >= 15 is 0 Å². The number of rotatable bonds is 8. The molecule has 0 bridgehead atoms. The number of nitrogens with zero attached hydrogens (tertiary/aromatic N) is 2. The third-order valence-corrected chi connectivity index (χ3v) is 4.74. The normalized spacial score (nSPS) is 9.83. The van der Waals surface area contributed by atoms with Crippen molar-refractivity contribution in [3.05, 3.63) is 35.1 Å². The molecule has 0 spiro atoms. The second-order valence-corrected chi connectivity index (χ2v) is 8.37. The van der Waals surface area contributed by atoms with E-state index in [2.05, 4.69) is 33.3 Å². The average molecular weight is 438 g/mol. The summed E-state index contributed by atoms with van der Waals surface area (Å²) in [5.74, 6) is 5.23. The van der Waals surface area contributed by atoms with Gasteiger partial charge in [0.2, 0.25) is 0 Å². The second-order valence-electron chi connectivity index (χ2n) is 7.51. The van der Waals surface area contributed by atoms with Crippen LogP contribution in [-0.4, -0.2) is 36.6 Å². The van der Waals surface area contributed by atoms with Gasteiger partial charge in [-0.3, -0.25) is 16.3 Å². The van der Waals surface area contributed by atoms with Crippen molar-refractivity contribution in [1.82, 2.24) is 15.4 Å². The zero-order valence-electron chi connectivity index (χ0n) is 19.1. The Labute approximate surface area is 185 Å². The lowest BCUT2D eigenvalue weighted by atomic mass is 9.93. The summed E-state index contributed by atoms with van der Waals surface area (Å²) in [7, 11) is 1.50. The van der Waals surface area contributed by atoms with Crippen molar-refractivity contribution in [2.75, 3.05) is 13.6 Å². The van der Waals surface area contributed by atoms with E-state index in [0.29, 0.717) is 6.42 Å². The second kappa shape index (κ2) is 19.0. The van der Waals surface area contributed by atoms with Crippen molar-refractivity contribution in [1.29, 1.82) is 0 Å². The Hall–Kier alpha value is -2.00. The van der Waals surface area contributed by atoms with Gasteiger partial charge in [-0.25, -0.2) is 4.98 Å². The first kappa shape index (κ1) is 30.2. The van der Waals surface area contributed by atoms with Crippen LogP contribution < -0.4 is 17.0 Å². The maximum Gasteiger partial charge on any atom is 0.120 e. The molecule has 0 radical (unpaired) electrons. The van der Waals surface area contributed by atoms with Crippen LogP contribution >= 0.6 is 11.3 Å². The number of carbonyl (C=O) groups is 2. The topological polar surface area (TPSA) is 124 Å². The average Bonchev–Trinajstić information content (AvgIpc) is 3.17. The number of aldehydes is 1. The summed E-state index contributed by atoms with van der Waals surface area (Å²) in [6, 6.07) is 4.26. The zero-order valence-corrected chi connectivity index (χ0v) is 19.9. The van der Waals surface area contributed by atoms with Gasteiger partial charge in [-0.2, -0.15) is 0 Å². The third-order valence-electron chi connectivity index (χ3n) is 3.79. The number of hydrogen-bond donors (Lipinski definition) is 3. The van der Waals surface area contributed by atoms with Crippen LogP contribution in [0.2, 0.25) is 0 Å². The van der Waals surface area contributed by atoms with E-state index in [9.17, 15) is 4.79 Å². The molecule has 0 amide bonds. The van der Waals surface area contributed by atoms with E-state index in [0.717, 1.165) is 37.1 Å². The Morgan fingerprint density at radius 3 is 2.20 bits per heavy atom. The molecule has 0 saturated carbocycles. The summed E-state index contributed by atoms with van der Waals surface area (Å²) in [6.45, 7) is 11.0. The minimum atomic E-state index is 0.182. The van der Waals surface area contributed by atoms with Gasteiger partial charge in [0.15, 0.2) is 0 Å². The Morgan fingerprint density at radius 2 is 1.80 bits per heavy atom. The molecule has 0 aliphatic heterocycles. The molecule has 5 N–H and O–H groups in total. The fourth-order valence-corrected chi connectivity index (χ4v) is 3.02. The minimum Gasteiger partial charge on any atom is -0.333 e. The van der Waals surface area contributed by atoms with Gasteiger partial charge >= 0.3 is 0 Å². The lowest BCUT2D eigenvalue weighted by molar-refractivity contribution is -0.109. The molecule has 0 unspecified atom stereocenters. The number of nitrogens with one attached hydrogen (secondary N) is 1. The molecule has 2 aromatic heterocycles. The molecule has 0 fully saturated rings. The zero-order chi connectivity index (χ0) is 23.4. The molecule has 2 aromatic rings. The molecule has 2 rings (SSSR count). The molecular weight excluding hydrogens is 398 g/mol. The summed E-state index contributed by atoms with van der Waals surface area (Å²) >= 11 is 1.64. The van der Waals surface area contributed by atoms with Crippen molar-refractivity contribution >= 4 is 24.4 Å². The Morgan fingerprint density at radius 1 is 1.13 bits per heavy atom. The molecule has 0 atom stereocenters. The predicted octanol–water partition coefficient (Wildman–Crippen LogP) is 3.70. The summed E-state index contributed by atoms with van der Waals surface area (Å²) in [4.78, 5) is 27.8. The molecule has 7 nitrogen and oxygen atoms in total. The quantitative estimate of drug-likeness (QED) is 0.249. The molecule has 8 heteroatoms. The lowest BCUT2D eigenvalue weighted by Crippen LogP contribution is -2.22. The van der Waals surface area contributed by atoms with Crippen LogP contribution in [0.3, 0.4) is 0 Å². The van der Waals surface area contributed by atoms with E-state index in [1.807, 2.05) is 46.2 Å². The van der Waals surface area contributed by atoms with Crippen molar-refractivity contribution in [3.63, 3.8) is 0 Å². The first-order chi connectivity index (χ1) is 14.4. The molecule has 0 aliphatic rings. The smallest absolute Gasteiger partial charge is 0.120 e. The van der Waals surface area contributed by atoms with E-state index in [1.54, 1.807) is 11.3 Å². The summed E-state index contributed by atoms with van der Waals surface area (Å²) < 4.78 is 0. The number of hydrogen-bond acceptors (Lipinski definition) is 8. The van der Waals surface area contributed by atoms with Crippen molar-refractivity contribution in [2.45, 2.75) is 59.8 Å². The SMILES string of the molecule is C=O.CC(C)(C)CC=O.CN.Cc1ncsc1-c1ccc(CCCCCNN)cn1. The Bertz CT molecular complexity index is 654. The Kier molecular flexibility index (Phi) is 19.1. The number of thiazole rings is 1. The van der Waals surface area contributed by atoms with Gasteiger partial charge in [0, 0.05) is 19.2 Å². The lowest BCUT2D eigenvalue weighted by Gasteiger charge is -2.11. The fraction of sp³-hybridized carbons (Fsp3) is 0.545. The third kappa shape index (κ3) is 14.9. The van der Waals surface area contributed by atoms with Crippen LogP contribution in [0.15, 0.2) is 23.8 Å². The van der Waals surface area contributed by atoms with E-state index in [1.165, 1.54) is 30.3 Å². The van der Waals surface area contributed by atoms with Gasteiger partial charge in [-0.05, 0) is 50.3 Å². The molecule has 0 saturated heterocycles. The first-order valence-electron chi connectivity index (χ1n) is 9.96. The summed E-state index contributed by atoms with van der Waals surface area (Å²) in [5.41, 5.74) is 12.6. The number of carbonyl (C=O) groups excluding carboxylic acids is 2. The van der Waals surface area contributed by atoms with Gasteiger partial charge in [-0.1, -0.05) is 33.3 Å². The van der Waals surface area contributed by atoms with Crippen molar-refractivity contribution < 1.29 is 9.59 Å². The van der Waals surface area contributed by atoms with E-state index in [4.69, 9.17) is 10.6 Å².